The van der Waals surface area contributed by atoms with Gasteiger partial charge in [0.15, 0.2) is 0 Å². The first-order valence-corrected chi connectivity index (χ1v) is 12.7. The third kappa shape index (κ3) is 4.81. The van der Waals surface area contributed by atoms with Crippen LogP contribution in [0.1, 0.15) is 40.3 Å². The lowest BCUT2D eigenvalue weighted by Crippen LogP contribution is -2.33. The maximum Gasteiger partial charge on any atom is 0.252 e. The Labute approximate surface area is 200 Å². The molecular weight excluding hydrogens is 446 g/mol. The second kappa shape index (κ2) is 9.52. The summed E-state index contributed by atoms with van der Waals surface area (Å²) in [5, 5.41) is 0.885. The summed E-state index contributed by atoms with van der Waals surface area (Å²) in [5.41, 5.74) is 5.12. The highest BCUT2D eigenvalue weighted by Gasteiger charge is 2.29. The molecule has 0 aliphatic carbocycles. The molecule has 1 N–H and O–H groups in total. The molecule has 2 heterocycles. The second-order valence-electron chi connectivity index (χ2n) is 8.76. The van der Waals surface area contributed by atoms with Gasteiger partial charge in [-0.15, -0.1) is 0 Å². The van der Waals surface area contributed by atoms with Gasteiger partial charge in [0, 0.05) is 36.6 Å². The van der Waals surface area contributed by atoms with Crippen LogP contribution in [0.15, 0.2) is 70.6 Å². The van der Waals surface area contributed by atoms with Crippen LogP contribution in [0.3, 0.4) is 0 Å². The summed E-state index contributed by atoms with van der Waals surface area (Å²) in [6.07, 6.45) is 4.17. The Morgan fingerprint density at radius 2 is 1.68 bits per heavy atom. The summed E-state index contributed by atoms with van der Waals surface area (Å²) in [5.74, 6) is 0. The highest BCUT2D eigenvalue weighted by molar-refractivity contribution is 7.89. The van der Waals surface area contributed by atoms with Gasteiger partial charge in [0.05, 0.1) is 4.90 Å². The molecule has 0 aliphatic heterocycles. The zero-order chi connectivity index (χ0) is 24.5. The lowest BCUT2D eigenvalue weighted by Gasteiger charge is -2.24. The first-order valence-electron chi connectivity index (χ1n) is 11.3. The Morgan fingerprint density at radius 3 is 2.32 bits per heavy atom. The van der Waals surface area contributed by atoms with E-state index in [1.807, 2.05) is 57.2 Å². The van der Waals surface area contributed by atoms with Crippen LogP contribution >= 0.6 is 0 Å². The van der Waals surface area contributed by atoms with Crippen LogP contribution in [0.25, 0.3) is 10.9 Å². The largest absolute Gasteiger partial charge is 0.322 e. The number of pyridine rings is 2. The van der Waals surface area contributed by atoms with E-state index >= 15 is 0 Å². The molecule has 0 saturated heterocycles. The van der Waals surface area contributed by atoms with Gasteiger partial charge in [-0.3, -0.25) is 9.78 Å². The fourth-order valence-electron chi connectivity index (χ4n) is 4.45. The van der Waals surface area contributed by atoms with E-state index < -0.39 is 10.0 Å². The molecule has 0 atom stereocenters. The monoisotopic (exact) mass is 475 g/mol. The molecule has 34 heavy (non-hydrogen) atoms. The normalized spacial score (nSPS) is 11.9. The van der Waals surface area contributed by atoms with Crippen LogP contribution in [0, 0.1) is 20.8 Å². The number of nitrogens with zero attached hydrogens (tertiary/aromatic N) is 2. The number of aromatic amines is 1. The number of hydrogen-bond acceptors (Lipinski definition) is 4. The highest BCUT2D eigenvalue weighted by Crippen LogP contribution is 2.28. The van der Waals surface area contributed by atoms with Gasteiger partial charge in [0.25, 0.3) is 5.56 Å². The minimum atomic E-state index is -3.91. The number of benzene rings is 2. The summed E-state index contributed by atoms with van der Waals surface area (Å²) in [4.78, 5) is 20.3. The van der Waals surface area contributed by atoms with Crippen molar-refractivity contribution in [3.8, 4) is 0 Å². The first kappa shape index (κ1) is 23.9. The molecule has 176 valence electrons. The fourth-order valence-corrected chi connectivity index (χ4v) is 6.27. The molecular formula is C27H29N3O3S. The highest BCUT2D eigenvalue weighted by atomic mass is 32.2. The molecule has 6 nitrogen and oxygen atoms in total. The van der Waals surface area contributed by atoms with Gasteiger partial charge in [-0.05, 0) is 79.1 Å². The average molecular weight is 476 g/mol. The Kier molecular flexibility index (Phi) is 6.68. The number of aromatic nitrogens is 2. The smallest absolute Gasteiger partial charge is 0.252 e. The third-order valence-electron chi connectivity index (χ3n) is 6.02. The predicted octanol–water partition coefficient (Wildman–Crippen LogP) is 4.80. The molecule has 0 bridgehead atoms. The van der Waals surface area contributed by atoms with Crippen molar-refractivity contribution in [2.45, 2.75) is 52.1 Å². The van der Waals surface area contributed by atoms with Crippen LogP contribution in [-0.4, -0.2) is 22.7 Å². The van der Waals surface area contributed by atoms with Gasteiger partial charge in [-0.2, -0.15) is 4.31 Å². The minimum Gasteiger partial charge on any atom is -0.322 e. The molecule has 0 fully saturated rings. The molecule has 0 radical (unpaired) electrons. The predicted molar refractivity (Wildman–Crippen MR) is 135 cm³/mol. The van der Waals surface area contributed by atoms with E-state index in [1.54, 1.807) is 24.5 Å². The minimum absolute atomic E-state index is 0.0500. The van der Waals surface area contributed by atoms with Crippen molar-refractivity contribution in [2.24, 2.45) is 0 Å². The summed E-state index contributed by atoms with van der Waals surface area (Å²) in [6.45, 7) is 7.70. The Morgan fingerprint density at radius 1 is 0.941 bits per heavy atom. The van der Waals surface area contributed by atoms with Crippen molar-refractivity contribution >= 4 is 20.9 Å². The number of aryl methyl sites for hydroxylation is 4. The standard InChI is InChI=1S/C27H29N3O3S/c1-5-21-8-9-25-23(13-21)14-24(27(31)29-25)17-30(16-22-7-6-10-28-15-22)34(32,33)26-19(3)11-18(2)12-20(26)4/h6-15H,5,16-17H2,1-4H3,(H,29,31). The lowest BCUT2D eigenvalue weighted by atomic mass is 10.1. The van der Waals surface area contributed by atoms with Crippen molar-refractivity contribution in [1.29, 1.82) is 0 Å². The zero-order valence-electron chi connectivity index (χ0n) is 19.9. The summed E-state index contributed by atoms with van der Waals surface area (Å²) in [6, 6.07) is 15.1. The topological polar surface area (TPSA) is 83.1 Å². The van der Waals surface area contributed by atoms with Gasteiger partial charge in [-0.25, -0.2) is 8.42 Å². The van der Waals surface area contributed by atoms with Crippen molar-refractivity contribution < 1.29 is 8.42 Å². The SMILES string of the molecule is CCc1ccc2[nH]c(=O)c(CN(Cc3cccnc3)S(=O)(=O)c3c(C)cc(C)cc3C)cc2c1. The van der Waals surface area contributed by atoms with E-state index in [-0.39, 0.29) is 23.5 Å². The quantitative estimate of drug-likeness (QED) is 0.416. The van der Waals surface area contributed by atoms with Gasteiger partial charge < -0.3 is 4.98 Å². The number of fused-ring (bicyclic) bond motifs is 1. The summed E-state index contributed by atoms with van der Waals surface area (Å²) in [7, 11) is -3.91. The molecule has 0 unspecified atom stereocenters. The van der Waals surface area contributed by atoms with E-state index in [4.69, 9.17) is 0 Å². The van der Waals surface area contributed by atoms with Crippen LogP contribution in [-0.2, 0) is 29.5 Å². The van der Waals surface area contributed by atoms with Crippen LogP contribution in [0.2, 0.25) is 0 Å². The van der Waals surface area contributed by atoms with Crippen molar-refractivity contribution in [2.75, 3.05) is 0 Å². The lowest BCUT2D eigenvalue weighted by molar-refractivity contribution is 0.399. The van der Waals surface area contributed by atoms with Gasteiger partial charge >= 0.3 is 0 Å². The van der Waals surface area contributed by atoms with E-state index in [9.17, 15) is 13.2 Å². The number of hydrogen-bond donors (Lipinski definition) is 1. The van der Waals surface area contributed by atoms with Gasteiger partial charge in [0.2, 0.25) is 10.0 Å². The Balaban J connectivity index is 1.83. The van der Waals surface area contributed by atoms with Crippen LogP contribution in [0.5, 0.6) is 0 Å². The van der Waals surface area contributed by atoms with Crippen LogP contribution in [0.4, 0.5) is 0 Å². The molecule has 7 heteroatoms. The molecule has 0 saturated carbocycles. The molecule has 2 aromatic carbocycles. The molecule has 0 amide bonds. The first-order chi connectivity index (χ1) is 16.2. The Hall–Kier alpha value is -3.29. The van der Waals surface area contributed by atoms with Gasteiger partial charge in [-0.1, -0.05) is 36.8 Å². The molecule has 0 spiro atoms. The molecule has 4 rings (SSSR count). The van der Waals surface area contributed by atoms with E-state index in [2.05, 4.69) is 16.9 Å². The van der Waals surface area contributed by atoms with Crippen LogP contribution < -0.4 is 5.56 Å². The summed E-state index contributed by atoms with van der Waals surface area (Å²) >= 11 is 0. The van der Waals surface area contributed by atoms with Gasteiger partial charge in [0.1, 0.15) is 0 Å². The van der Waals surface area contributed by atoms with E-state index in [1.165, 1.54) is 4.31 Å². The van der Waals surface area contributed by atoms with Crippen molar-refractivity contribution in [3.05, 3.63) is 105 Å². The Bertz CT molecular complexity index is 1490. The second-order valence-corrected chi connectivity index (χ2v) is 10.6. The van der Waals surface area contributed by atoms with Crippen molar-refractivity contribution in [1.82, 2.24) is 14.3 Å². The maximum atomic E-state index is 14.0. The van der Waals surface area contributed by atoms with E-state index in [0.717, 1.165) is 34.0 Å². The number of H-pyrrole nitrogens is 1. The third-order valence-corrected chi connectivity index (χ3v) is 8.12. The van der Waals surface area contributed by atoms with E-state index in [0.29, 0.717) is 16.7 Å². The molecule has 2 aromatic heterocycles. The zero-order valence-corrected chi connectivity index (χ0v) is 20.7. The summed E-state index contributed by atoms with van der Waals surface area (Å²) < 4.78 is 29.3. The number of sulfonamides is 1. The van der Waals surface area contributed by atoms with Crippen molar-refractivity contribution in [3.63, 3.8) is 0 Å². The molecule has 4 aromatic rings. The maximum absolute atomic E-state index is 14.0. The fraction of sp³-hybridized carbons (Fsp3) is 0.259. The number of rotatable bonds is 7. The average Bonchev–Trinajstić information content (AvgIpc) is 2.78. The molecule has 0 aliphatic rings. The number of nitrogens with one attached hydrogen (secondary N) is 1.